The Morgan fingerprint density at radius 3 is 1.28 bits per heavy atom. The fourth-order valence-corrected chi connectivity index (χ4v) is 11.4. The molecule has 0 atom stereocenters. The summed E-state index contributed by atoms with van der Waals surface area (Å²) in [6.07, 6.45) is 7.97. The van der Waals surface area contributed by atoms with Gasteiger partial charge in [-0.3, -0.25) is 9.59 Å². The first kappa shape index (κ1) is 71.7. The number of nitrogens with two attached hydrogens (primary N) is 3. The van der Waals surface area contributed by atoms with Gasteiger partial charge in [0, 0.05) is 55.3 Å². The Labute approximate surface area is 568 Å². The fraction of sp³-hybridized carbons (Fsp3) is 0.181. The molecule has 1 saturated heterocycles. The molecule has 0 bridgehead atoms. The Bertz CT molecular complexity index is 4800. The first-order valence-electron chi connectivity index (χ1n) is 30.0. The number of benzene rings is 6. The number of nitrogen functional groups attached to an aromatic ring is 3. The molecule has 98 heavy (non-hydrogen) atoms. The average molecular weight is 1340 g/mol. The minimum absolute atomic E-state index is 0. The number of para-hydroxylation sites is 3. The second kappa shape index (κ2) is 32.8. The number of piperidine rings is 1. The van der Waals surface area contributed by atoms with Gasteiger partial charge in [0.15, 0.2) is 16.9 Å². The van der Waals surface area contributed by atoms with Gasteiger partial charge < -0.3 is 41.6 Å². The Hall–Kier alpha value is -12.2. The van der Waals surface area contributed by atoms with E-state index in [1.807, 2.05) is 168 Å². The second-order valence-electron chi connectivity index (χ2n) is 21.4. The highest BCUT2D eigenvalue weighted by atomic mass is 32.2. The van der Waals surface area contributed by atoms with Crippen molar-refractivity contribution in [2.24, 2.45) is 0 Å². The highest BCUT2D eigenvalue weighted by Crippen LogP contribution is 2.37. The number of fused-ring (bicyclic) bond motifs is 3. The van der Waals surface area contributed by atoms with Crippen LogP contribution in [-0.2, 0) is 32.7 Å². The topological polar surface area (TPSA) is 323 Å². The molecule has 26 heteroatoms. The van der Waals surface area contributed by atoms with Crippen molar-refractivity contribution in [2.45, 2.75) is 54.3 Å². The molecule has 1 fully saturated rings. The normalized spacial score (nSPS) is 12.0. The first-order chi connectivity index (χ1) is 46.2. The van der Waals surface area contributed by atoms with Crippen molar-refractivity contribution in [3.8, 4) is 68.3 Å². The number of ether oxygens (including phenoxy) is 3. The predicted molar refractivity (Wildman–Crippen MR) is 385 cm³/mol. The van der Waals surface area contributed by atoms with Crippen molar-refractivity contribution in [3.05, 3.63) is 220 Å². The van der Waals surface area contributed by atoms with Gasteiger partial charge in [-0.2, -0.15) is 19.6 Å². The van der Waals surface area contributed by atoms with Crippen LogP contribution in [0, 0.1) is 0 Å². The third-order valence-electron chi connectivity index (χ3n) is 15.3. The van der Waals surface area contributed by atoms with Gasteiger partial charge in [0.25, 0.3) is 0 Å². The lowest BCUT2D eigenvalue weighted by molar-refractivity contribution is -0.125. The van der Waals surface area contributed by atoms with Crippen LogP contribution < -0.4 is 36.7 Å². The van der Waals surface area contributed by atoms with E-state index in [2.05, 4.69) is 60.1 Å². The third-order valence-corrected chi connectivity index (χ3v) is 16.8. The molecule has 7 N–H and O–H groups in total. The second-order valence-corrected chi connectivity index (χ2v) is 23.3. The summed E-state index contributed by atoms with van der Waals surface area (Å²) in [5.41, 5.74) is 25.0. The minimum atomic E-state index is -3.43. The summed E-state index contributed by atoms with van der Waals surface area (Å²) < 4.78 is 48.6. The zero-order valence-corrected chi connectivity index (χ0v) is 52.5. The van der Waals surface area contributed by atoms with Gasteiger partial charge in [-0.1, -0.05) is 96.6 Å². The van der Waals surface area contributed by atoms with Crippen molar-refractivity contribution in [3.63, 3.8) is 0 Å². The minimum Gasteiger partial charge on any atom is -0.457 e. The van der Waals surface area contributed by atoms with Crippen LogP contribution in [0.5, 0.6) is 34.5 Å². The molecule has 25 nitrogen and oxygen atoms in total. The Kier molecular flexibility index (Phi) is 24.0. The largest absolute Gasteiger partial charge is 0.457 e. The van der Waals surface area contributed by atoms with E-state index in [0.29, 0.717) is 137 Å². The van der Waals surface area contributed by atoms with E-state index < -0.39 is 10.0 Å². The van der Waals surface area contributed by atoms with Crippen LogP contribution >= 0.6 is 0 Å². The molecule has 0 unspecified atom stereocenters. The van der Waals surface area contributed by atoms with Gasteiger partial charge in [-0.15, -0.1) is 0 Å². The summed E-state index contributed by atoms with van der Waals surface area (Å²) in [7, 11) is -1.72. The maximum atomic E-state index is 12.1. The quantitative estimate of drug-likeness (QED) is 0.0515. The molecular formula is C72H78N18O7S. The molecule has 7 heterocycles. The number of sulfonamides is 1. The lowest BCUT2D eigenvalue weighted by atomic mass is 10.1. The Morgan fingerprint density at radius 1 is 0.520 bits per heavy atom. The number of carbonyl (C=O) groups excluding carboxylic acids is 2. The fourth-order valence-electron chi connectivity index (χ4n) is 10.5. The van der Waals surface area contributed by atoms with Crippen LogP contribution in [0.3, 0.4) is 0 Å². The van der Waals surface area contributed by atoms with Crippen LogP contribution in [0.4, 0.5) is 17.5 Å². The van der Waals surface area contributed by atoms with E-state index in [0.717, 1.165) is 39.3 Å². The van der Waals surface area contributed by atoms with Crippen molar-refractivity contribution in [1.29, 1.82) is 0 Å². The van der Waals surface area contributed by atoms with Gasteiger partial charge in [0.05, 0.1) is 35.3 Å². The van der Waals surface area contributed by atoms with E-state index in [4.69, 9.17) is 41.6 Å². The molecule has 504 valence electrons. The standard InChI is InChI=1S/C24H24N6O3S.C23H22N6O2.C22H20N6O2.3CH4/c1-2-34(31,32)29-14-12-18(13-15-29)30-24-21(23(25)26-16-27-24)22(28-30)17-8-10-20(11-9-17)33-19-6-4-3-5-7-19;1-3-19(30)28(2)13-14-29-23-20(22(24)25-15-26-23)21(27-29)16-9-11-18(12-10-16)31-17-7-5-4-6-8-17;1-2-18(29)24-12-13-28-22-19(21(23)25-14-26-22)20(27-28)15-8-10-17(11-9-15)30-16-6-4-3-5-7-16;;;/h2-11,16,18H,1,12-15H2,(H2,25,26,27);3-12,15H,1,13-14H2,2H3,(H2,24,25,26);2-11,14H,1,12-13H2,(H,24,29)(H2,23,25,26);3*1H4. The number of aromatic nitrogens is 12. The van der Waals surface area contributed by atoms with Crippen LogP contribution in [0.25, 0.3) is 66.9 Å². The molecule has 2 amide bonds. The van der Waals surface area contributed by atoms with Crippen LogP contribution in [0.2, 0.25) is 0 Å². The van der Waals surface area contributed by atoms with E-state index in [9.17, 15) is 18.0 Å². The number of anilines is 3. The van der Waals surface area contributed by atoms with Gasteiger partial charge in [0.1, 0.15) is 88.0 Å². The maximum absolute atomic E-state index is 12.1. The lowest BCUT2D eigenvalue weighted by Crippen LogP contribution is -2.38. The number of carbonyl (C=O) groups is 2. The van der Waals surface area contributed by atoms with E-state index >= 15 is 0 Å². The van der Waals surface area contributed by atoms with Crippen LogP contribution in [0.1, 0.15) is 41.2 Å². The molecule has 6 aromatic carbocycles. The van der Waals surface area contributed by atoms with E-state index in [1.165, 1.54) is 35.4 Å². The van der Waals surface area contributed by atoms with Gasteiger partial charge in [0.2, 0.25) is 21.8 Å². The Morgan fingerprint density at radius 2 is 0.888 bits per heavy atom. The molecule has 0 saturated carbocycles. The lowest BCUT2D eigenvalue weighted by Gasteiger charge is -2.30. The number of nitrogens with zero attached hydrogens (tertiary/aromatic N) is 14. The van der Waals surface area contributed by atoms with Crippen molar-refractivity contribution in [2.75, 3.05) is 50.4 Å². The number of likely N-dealkylation sites (N-methyl/N-ethyl adjacent to an activating group) is 1. The van der Waals surface area contributed by atoms with Crippen LogP contribution in [0.15, 0.2) is 220 Å². The molecule has 0 aliphatic carbocycles. The number of rotatable bonds is 20. The summed E-state index contributed by atoms with van der Waals surface area (Å²) >= 11 is 0. The molecule has 0 radical (unpaired) electrons. The summed E-state index contributed by atoms with van der Waals surface area (Å²) in [4.78, 5) is 50.3. The molecule has 6 aromatic heterocycles. The Balaban J connectivity index is 0.000000185. The van der Waals surface area contributed by atoms with E-state index in [1.54, 1.807) is 21.3 Å². The molecule has 13 rings (SSSR count). The van der Waals surface area contributed by atoms with Gasteiger partial charge in [-0.25, -0.2) is 52.4 Å². The summed E-state index contributed by atoms with van der Waals surface area (Å²) in [5.74, 6) is 5.08. The van der Waals surface area contributed by atoms with Crippen molar-refractivity contribution < 1.29 is 32.2 Å². The van der Waals surface area contributed by atoms with Gasteiger partial charge in [-0.05, 0) is 134 Å². The highest BCUT2D eigenvalue weighted by molar-refractivity contribution is 7.92. The van der Waals surface area contributed by atoms with Crippen molar-refractivity contribution in [1.82, 2.24) is 73.8 Å². The molecule has 12 aromatic rings. The third kappa shape index (κ3) is 16.7. The molecule has 0 spiro atoms. The van der Waals surface area contributed by atoms with Crippen LogP contribution in [-0.4, -0.2) is 122 Å². The summed E-state index contributed by atoms with van der Waals surface area (Å²) in [5, 5.41) is 20.0. The number of nitrogens with one attached hydrogen (secondary N) is 1. The SMILES string of the molecule is C.C.C.C=CC(=O)N(C)CCn1nc(-c2ccc(Oc3ccccc3)cc2)c2c(N)ncnc21.C=CC(=O)NCCn1nc(-c2ccc(Oc3ccccc3)cc2)c2c(N)ncnc21.C=CS(=O)(=O)N1CCC(n2nc(-c3ccc(Oc4ccccc4)cc3)c3c(N)ncnc32)CC1. The van der Waals surface area contributed by atoms with E-state index in [-0.39, 0.29) is 40.1 Å². The first-order valence-corrected chi connectivity index (χ1v) is 31.5. The molecule has 1 aliphatic rings. The maximum Gasteiger partial charge on any atom is 0.245 e. The number of amides is 2. The zero-order chi connectivity index (χ0) is 66.4. The average Bonchev–Trinajstić information content (AvgIpc) is 1.63. The van der Waals surface area contributed by atoms with Crippen molar-refractivity contribution >= 4 is 72.4 Å². The molecular weight excluding hydrogens is 1260 g/mol. The molecule has 1 aliphatic heterocycles. The summed E-state index contributed by atoms with van der Waals surface area (Å²) in [6.45, 7) is 12.9. The monoisotopic (exact) mass is 1340 g/mol. The zero-order valence-electron chi connectivity index (χ0n) is 51.7. The predicted octanol–water partition coefficient (Wildman–Crippen LogP) is 12.6. The summed E-state index contributed by atoms with van der Waals surface area (Å²) in [6, 6.07) is 51.5. The van der Waals surface area contributed by atoms with Gasteiger partial charge >= 0.3 is 0 Å². The number of hydrogen-bond acceptors (Lipinski definition) is 19. The highest BCUT2D eigenvalue weighted by Gasteiger charge is 2.30. The number of hydrogen-bond donors (Lipinski definition) is 4. The smallest absolute Gasteiger partial charge is 0.245 e.